The molecule has 0 bridgehead atoms. The van der Waals surface area contributed by atoms with Crippen molar-refractivity contribution < 1.29 is 9.47 Å². The second-order valence-corrected chi connectivity index (χ2v) is 3.76. The molecule has 3 heteroatoms. The van der Waals surface area contributed by atoms with Gasteiger partial charge < -0.3 is 9.47 Å². The molecule has 1 unspecified atom stereocenters. The van der Waals surface area contributed by atoms with Gasteiger partial charge in [0.1, 0.15) is 0 Å². The van der Waals surface area contributed by atoms with Crippen LogP contribution in [-0.4, -0.2) is 31.7 Å². The van der Waals surface area contributed by atoms with Crippen molar-refractivity contribution in [1.82, 2.24) is 4.67 Å². The summed E-state index contributed by atoms with van der Waals surface area (Å²) in [5.74, 6) is 0. The highest BCUT2D eigenvalue weighted by molar-refractivity contribution is 5.89. The summed E-state index contributed by atoms with van der Waals surface area (Å²) < 4.78 is 15.1. The van der Waals surface area contributed by atoms with Gasteiger partial charge in [0.15, 0.2) is 6.10 Å². The van der Waals surface area contributed by atoms with Crippen molar-refractivity contribution in [2.75, 3.05) is 13.2 Å². The second kappa shape index (κ2) is 5.61. The summed E-state index contributed by atoms with van der Waals surface area (Å²) in [5.41, 5.74) is 2.17. The number of nitrogens with zero attached hydrogens (tertiary/aromatic N) is 1. The third-order valence-electron chi connectivity index (χ3n) is 2.64. The molecule has 1 heterocycles. The first kappa shape index (κ1) is 11.1. The Kier molecular flexibility index (Phi) is 3.89. The van der Waals surface area contributed by atoms with E-state index in [0.717, 1.165) is 24.3 Å². The quantitative estimate of drug-likeness (QED) is 0.564. The predicted molar refractivity (Wildman–Crippen MR) is 64.7 cm³/mol. The first-order chi connectivity index (χ1) is 7.90. The third kappa shape index (κ3) is 2.80. The molecule has 1 aliphatic rings. The van der Waals surface area contributed by atoms with E-state index >= 15 is 0 Å². The van der Waals surface area contributed by atoms with E-state index < -0.39 is 0 Å². The zero-order valence-corrected chi connectivity index (χ0v) is 9.26. The van der Waals surface area contributed by atoms with Gasteiger partial charge in [-0.15, -0.1) is 4.67 Å². The number of benzene rings is 1. The van der Waals surface area contributed by atoms with Crippen LogP contribution in [0.15, 0.2) is 30.3 Å². The molecule has 0 amide bonds. The predicted octanol–water partition coefficient (Wildman–Crippen LogP) is 1.20. The van der Waals surface area contributed by atoms with E-state index in [0.29, 0.717) is 13.2 Å². The summed E-state index contributed by atoms with van der Waals surface area (Å²) >= 11 is 0. The normalized spacial score (nSPS) is 20.5. The van der Waals surface area contributed by atoms with Gasteiger partial charge >= 0.3 is 5.71 Å². The van der Waals surface area contributed by atoms with Crippen molar-refractivity contribution in [1.29, 1.82) is 0 Å². The van der Waals surface area contributed by atoms with Crippen molar-refractivity contribution >= 4 is 12.4 Å². The van der Waals surface area contributed by atoms with Crippen LogP contribution in [0.2, 0.25) is 0 Å². The minimum absolute atomic E-state index is 0.0357. The standard InChI is InChI=1S/C13H16NO2/c1-14-12-7-8-15-10-13(12)16-9-11-5-3-2-4-6-11/h2-6,13H,1,7-10H2/q+1. The van der Waals surface area contributed by atoms with Crippen LogP contribution in [0.25, 0.3) is 0 Å². The summed E-state index contributed by atoms with van der Waals surface area (Å²) in [6, 6.07) is 10.1. The highest BCUT2D eigenvalue weighted by Crippen LogP contribution is 2.09. The molecule has 2 rings (SSSR count). The lowest BCUT2D eigenvalue weighted by Crippen LogP contribution is -2.36. The lowest BCUT2D eigenvalue weighted by molar-refractivity contribution is -0.00326. The fourth-order valence-electron chi connectivity index (χ4n) is 1.72. The second-order valence-electron chi connectivity index (χ2n) is 3.76. The maximum Gasteiger partial charge on any atom is 0.312 e. The highest BCUT2D eigenvalue weighted by atomic mass is 16.5. The van der Waals surface area contributed by atoms with Gasteiger partial charge in [0, 0.05) is 0 Å². The van der Waals surface area contributed by atoms with Gasteiger partial charge in [-0.25, -0.2) is 0 Å². The molecule has 0 aliphatic carbocycles. The van der Waals surface area contributed by atoms with E-state index in [4.69, 9.17) is 9.47 Å². The molecular weight excluding hydrogens is 202 g/mol. The van der Waals surface area contributed by atoms with E-state index in [2.05, 4.69) is 11.4 Å². The lowest BCUT2D eigenvalue weighted by atomic mass is 10.1. The highest BCUT2D eigenvalue weighted by Gasteiger charge is 2.29. The molecule has 84 valence electrons. The minimum atomic E-state index is -0.0357. The van der Waals surface area contributed by atoms with Crippen LogP contribution < -0.4 is 4.67 Å². The fourth-order valence-corrected chi connectivity index (χ4v) is 1.72. The van der Waals surface area contributed by atoms with Gasteiger partial charge in [-0.05, 0) is 5.56 Å². The Morgan fingerprint density at radius 3 is 2.94 bits per heavy atom. The Morgan fingerprint density at radius 2 is 2.19 bits per heavy atom. The van der Waals surface area contributed by atoms with Crippen LogP contribution in [0.5, 0.6) is 0 Å². The Morgan fingerprint density at radius 1 is 1.38 bits per heavy atom. The van der Waals surface area contributed by atoms with Crippen LogP contribution in [-0.2, 0) is 16.1 Å². The molecule has 0 aromatic heterocycles. The average molecular weight is 218 g/mol. The van der Waals surface area contributed by atoms with Crippen LogP contribution in [0.3, 0.4) is 0 Å². The average Bonchev–Trinajstić information content (AvgIpc) is 2.38. The summed E-state index contributed by atoms with van der Waals surface area (Å²) in [6.07, 6.45) is 0.787. The maximum atomic E-state index is 5.78. The van der Waals surface area contributed by atoms with Crippen molar-refractivity contribution in [3.05, 3.63) is 35.9 Å². The van der Waals surface area contributed by atoms with Gasteiger partial charge in [0.05, 0.1) is 26.2 Å². The summed E-state index contributed by atoms with van der Waals surface area (Å²) in [7, 11) is 0. The monoisotopic (exact) mass is 218 g/mol. The van der Waals surface area contributed by atoms with Crippen molar-refractivity contribution in [2.45, 2.75) is 19.1 Å². The molecule has 1 saturated heterocycles. The van der Waals surface area contributed by atoms with Crippen molar-refractivity contribution in [2.24, 2.45) is 0 Å². The summed E-state index contributed by atoms with van der Waals surface area (Å²) in [5, 5.41) is 0. The molecule has 0 radical (unpaired) electrons. The number of ether oxygens (including phenoxy) is 2. The Bertz CT molecular complexity index is 382. The van der Waals surface area contributed by atoms with E-state index in [1.54, 1.807) is 0 Å². The Labute approximate surface area is 95.4 Å². The van der Waals surface area contributed by atoms with Crippen LogP contribution in [0.1, 0.15) is 12.0 Å². The first-order valence-electron chi connectivity index (χ1n) is 5.46. The zero-order valence-electron chi connectivity index (χ0n) is 9.26. The number of hydrogen-bond donors (Lipinski definition) is 0. The van der Waals surface area contributed by atoms with E-state index in [1.807, 2.05) is 30.3 Å². The van der Waals surface area contributed by atoms with Gasteiger partial charge in [0.2, 0.25) is 0 Å². The number of hydrogen-bond acceptors (Lipinski definition) is 2. The third-order valence-corrected chi connectivity index (χ3v) is 2.64. The molecular formula is C13H16NO2+. The molecule has 1 atom stereocenters. The van der Waals surface area contributed by atoms with E-state index in [-0.39, 0.29) is 6.10 Å². The van der Waals surface area contributed by atoms with Gasteiger partial charge in [-0.1, -0.05) is 30.3 Å². The molecule has 1 aliphatic heterocycles. The topological polar surface area (TPSA) is 32.6 Å². The Hall–Kier alpha value is -1.41. The van der Waals surface area contributed by atoms with Gasteiger partial charge in [-0.3, -0.25) is 0 Å². The van der Waals surface area contributed by atoms with Gasteiger partial charge in [-0.2, -0.15) is 0 Å². The van der Waals surface area contributed by atoms with Crippen LogP contribution in [0, 0.1) is 0 Å². The van der Waals surface area contributed by atoms with E-state index in [9.17, 15) is 0 Å². The van der Waals surface area contributed by atoms with Gasteiger partial charge in [0.25, 0.3) is 6.72 Å². The van der Waals surface area contributed by atoms with Crippen molar-refractivity contribution in [3.63, 3.8) is 0 Å². The smallest absolute Gasteiger partial charge is 0.312 e. The first-order valence-corrected chi connectivity index (χ1v) is 5.46. The largest absolute Gasteiger partial charge is 0.377 e. The molecule has 0 saturated carbocycles. The SMILES string of the molecule is C=[N+]=C1CCOCC1OCc1ccccc1. The molecule has 0 spiro atoms. The molecule has 0 N–H and O–H groups in total. The molecule has 1 aromatic rings. The Balaban J connectivity index is 1.92. The fraction of sp³-hybridized carbons (Fsp3) is 0.385. The lowest BCUT2D eigenvalue weighted by Gasteiger charge is -2.18. The van der Waals surface area contributed by atoms with Crippen LogP contribution >= 0.6 is 0 Å². The molecule has 1 fully saturated rings. The number of rotatable bonds is 3. The van der Waals surface area contributed by atoms with Crippen molar-refractivity contribution in [3.8, 4) is 0 Å². The molecule has 16 heavy (non-hydrogen) atoms. The molecule has 3 nitrogen and oxygen atoms in total. The maximum absolute atomic E-state index is 5.78. The van der Waals surface area contributed by atoms with E-state index in [1.165, 1.54) is 0 Å². The molecule has 1 aromatic carbocycles. The van der Waals surface area contributed by atoms with Crippen LogP contribution in [0.4, 0.5) is 0 Å². The summed E-state index contributed by atoms with van der Waals surface area (Å²) in [6.45, 7) is 5.46. The zero-order chi connectivity index (χ0) is 11.2. The summed E-state index contributed by atoms with van der Waals surface area (Å²) in [4.78, 5) is 0. The minimum Gasteiger partial charge on any atom is -0.377 e.